The van der Waals surface area contributed by atoms with E-state index in [4.69, 9.17) is 4.74 Å². The van der Waals surface area contributed by atoms with Crippen molar-refractivity contribution in [2.24, 2.45) is 0 Å². The van der Waals surface area contributed by atoms with E-state index in [1.165, 1.54) is 0 Å². The van der Waals surface area contributed by atoms with Gasteiger partial charge in [0.15, 0.2) is 5.82 Å². The van der Waals surface area contributed by atoms with Crippen LogP contribution in [0.15, 0.2) is 36.4 Å². The SMILES string of the molecule is COc1ccccc1C(=O)NCCNc1cc(-n2nc(C)cc2C)nc(C)n1. The smallest absolute Gasteiger partial charge is 0.255 e. The Hall–Kier alpha value is -3.42. The second-order valence-electron chi connectivity index (χ2n) is 6.38. The zero-order chi connectivity index (χ0) is 20.1. The van der Waals surface area contributed by atoms with Crippen LogP contribution in [0.5, 0.6) is 5.75 Å². The number of nitrogens with one attached hydrogen (secondary N) is 2. The van der Waals surface area contributed by atoms with Gasteiger partial charge in [-0.15, -0.1) is 0 Å². The summed E-state index contributed by atoms with van der Waals surface area (Å²) >= 11 is 0. The molecule has 0 atom stereocenters. The molecule has 8 nitrogen and oxygen atoms in total. The lowest BCUT2D eigenvalue weighted by Gasteiger charge is -2.11. The van der Waals surface area contributed by atoms with Crippen molar-refractivity contribution in [2.75, 3.05) is 25.5 Å². The summed E-state index contributed by atoms with van der Waals surface area (Å²) in [7, 11) is 1.55. The van der Waals surface area contributed by atoms with Gasteiger partial charge < -0.3 is 15.4 Å². The minimum atomic E-state index is -0.179. The van der Waals surface area contributed by atoms with E-state index in [0.717, 1.165) is 11.4 Å². The molecule has 146 valence electrons. The van der Waals surface area contributed by atoms with Crippen molar-refractivity contribution in [3.05, 3.63) is 59.2 Å². The summed E-state index contributed by atoms with van der Waals surface area (Å²) in [6, 6.07) is 11.0. The van der Waals surface area contributed by atoms with Gasteiger partial charge in [0.25, 0.3) is 5.91 Å². The Labute approximate surface area is 164 Å². The summed E-state index contributed by atoms with van der Waals surface area (Å²) in [6.45, 7) is 6.73. The zero-order valence-electron chi connectivity index (χ0n) is 16.5. The molecular weight excluding hydrogens is 356 g/mol. The molecule has 2 heterocycles. The van der Waals surface area contributed by atoms with E-state index in [2.05, 4.69) is 25.7 Å². The van der Waals surface area contributed by atoms with Crippen LogP contribution in [-0.2, 0) is 0 Å². The van der Waals surface area contributed by atoms with Gasteiger partial charge in [-0.05, 0) is 39.0 Å². The third-order valence-electron chi connectivity index (χ3n) is 4.12. The molecule has 0 radical (unpaired) electrons. The molecule has 28 heavy (non-hydrogen) atoms. The van der Waals surface area contributed by atoms with Crippen LogP contribution in [0.2, 0.25) is 0 Å². The highest BCUT2D eigenvalue weighted by molar-refractivity contribution is 5.96. The number of carbonyl (C=O) groups excluding carboxylic acids is 1. The van der Waals surface area contributed by atoms with Gasteiger partial charge in [0.1, 0.15) is 17.4 Å². The Kier molecular flexibility index (Phi) is 5.88. The van der Waals surface area contributed by atoms with Gasteiger partial charge >= 0.3 is 0 Å². The molecule has 1 aromatic carbocycles. The monoisotopic (exact) mass is 380 g/mol. The normalized spacial score (nSPS) is 10.6. The number of nitrogens with zero attached hydrogens (tertiary/aromatic N) is 4. The maximum atomic E-state index is 12.3. The fourth-order valence-corrected chi connectivity index (χ4v) is 2.91. The standard InChI is InChI=1S/C20H24N6O2/c1-13-11-14(2)26(25-13)19-12-18(23-15(3)24-19)21-9-10-22-20(27)16-7-5-6-8-17(16)28-4/h5-8,11-12H,9-10H2,1-4H3,(H,22,27)(H,21,23,24). The fraction of sp³-hybridized carbons (Fsp3) is 0.300. The van der Waals surface area contributed by atoms with Crippen molar-refractivity contribution >= 4 is 11.7 Å². The first-order valence-corrected chi connectivity index (χ1v) is 9.02. The Morgan fingerprint density at radius 1 is 1.11 bits per heavy atom. The molecule has 2 N–H and O–H groups in total. The molecule has 0 fully saturated rings. The number of aromatic nitrogens is 4. The first-order chi connectivity index (χ1) is 13.5. The number of amides is 1. The van der Waals surface area contributed by atoms with Crippen molar-refractivity contribution in [2.45, 2.75) is 20.8 Å². The fourth-order valence-electron chi connectivity index (χ4n) is 2.91. The number of benzene rings is 1. The Morgan fingerprint density at radius 2 is 1.89 bits per heavy atom. The Morgan fingerprint density at radius 3 is 2.61 bits per heavy atom. The molecule has 0 unspecified atom stereocenters. The number of aryl methyl sites for hydroxylation is 3. The van der Waals surface area contributed by atoms with Crippen LogP contribution in [0.3, 0.4) is 0 Å². The lowest BCUT2D eigenvalue weighted by Crippen LogP contribution is -2.29. The highest BCUT2D eigenvalue weighted by Gasteiger charge is 2.11. The zero-order valence-corrected chi connectivity index (χ0v) is 16.5. The molecule has 0 saturated carbocycles. The summed E-state index contributed by atoms with van der Waals surface area (Å²) in [5, 5.41) is 10.6. The second-order valence-corrected chi connectivity index (χ2v) is 6.38. The van der Waals surface area contributed by atoms with E-state index >= 15 is 0 Å². The van der Waals surface area contributed by atoms with Crippen LogP contribution < -0.4 is 15.4 Å². The number of rotatable bonds is 7. The number of ether oxygens (including phenoxy) is 1. The predicted octanol–water partition coefficient (Wildman–Crippen LogP) is 2.44. The number of carbonyl (C=O) groups is 1. The summed E-state index contributed by atoms with van der Waals surface area (Å²) in [6.07, 6.45) is 0. The number of hydrogen-bond donors (Lipinski definition) is 2. The van der Waals surface area contributed by atoms with E-state index in [1.807, 2.05) is 39.0 Å². The minimum Gasteiger partial charge on any atom is -0.496 e. The largest absolute Gasteiger partial charge is 0.496 e. The minimum absolute atomic E-state index is 0.179. The van der Waals surface area contributed by atoms with Gasteiger partial charge in [-0.2, -0.15) is 5.10 Å². The maximum absolute atomic E-state index is 12.3. The highest BCUT2D eigenvalue weighted by Crippen LogP contribution is 2.17. The molecule has 0 aliphatic rings. The molecule has 0 aliphatic heterocycles. The van der Waals surface area contributed by atoms with E-state index in [1.54, 1.807) is 30.0 Å². The van der Waals surface area contributed by atoms with Crippen LogP contribution in [0, 0.1) is 20.8 Å². The third kappa shape index (κ3) is 4.46. The molecule has 3 rings (SSSR count). The molecule has 2 aromatic heterocycles. The Balaban J connectivity index is 1.61. The quantitative estimate of drug-likeness (QED) is 0.612. The average molecular weight is 380 g/mol. The lowest BCUT2D eigenvalue weighted by molar-refractivity contribution is 0.0952. The van der Waals surface area contributed by atoms with Crippen LogP contribution in [0.25, 0.3) is 5.82 Å². The van der Waals surface area contributed by atoms with Crippen LogP contribution in [0.4, 0.5) is 5.82 Å². The van der Waals surface area contributed by atoms with Gasteiger partial charge in [-0.25, -0.2) is 14.6 Å². The van der Waals surface area contributed by atoms with Crippen molar-refractivity contribution in [1.82, 2.24) is 25.1 Å². The first-order valence-electron chi connectivity index (χ1n) is 9.02. The molecule has 0 aliphatic carbocycles. The van der Waals surface area contributed by atoms with Crippen LogP contribution in [0.1, 0.15) is 27.6 Å². The van der Waals surface area contributed by atoms with Gasteiger partial charge in [0, 0.05) is 24.8 Å². The first kappa shape index (κ1) is 19.3. The highest BCUT2D eigenvalue weighted by atomic mass is 16.5. The molecular formula is C20H24N6O2. The van der Waals surface area contributed by atoms with E-state index in [0.29, 0.717) is 41.9 Å². The van der Waals surface area contributed by atoms with Gasteiger partial charge in [-0.3, -0.25) is 4.79 Å². The maximum Gasteiger partial charge on any atom is 0.255 e. The van der Waals surface area contributed by atoms with Gasteiger partial charge in [-0.1, -0.05) is 12.1 Å². The molecule has 0 spiro atoms. The lowest BCUT2D eigenvalue weighted by atomic mass is 10.2. The molecule has 1 amide bonds. The van der Waals surface area contributed by atoms with E-state index < -0.39 is 0 Å². The van der Waals surface area contributed by atoms with Crippen molar-refractivity contribution in [1.29, 1.82) is 0 Å². The molecule has 0 bridgehead atoms. The molecule has 3 aromatic rings. The number of methoxy groups -OCH3 is 1. The summed E-state index contributed by atoms with van der Waals surface area (Å²) in [5.41, 5.74) is 2.45. The third-order valence-corrected chi connectivity index (χ3v) is 4.12. The average Bonchev–Trinajstić information content (AvgIpc) is 3.02. The summed E-state index contributed by atoms with van der Waals surface area (Å²) in [4.78, 5) is 21.2. The van der Waals surface area contributed by atoms with Crippen molar-refractivity contribution in [3.63, 3.8) is 0 Å². The van der Waals surface area contributed by atoms with E-state index in [9.17, 15) is 4.79 Å². The van der Waals surface area contributed by atoms with Crippen molar-refractivity contribution in [3.8, 4) is 11.6 Å². The van der Waals surface area contributed by atoms with Crippen LogP contribution in [-0.4, -0.2) is 45.9 Å². The second kappa shape index (κ2) is 8.51. The van der Waals surface area contributed by atoms with Gasteiger partial charge in [0.05, 0.1) is 18.4 Å². The van der Waals surface area contributed by atoms with Crippen LogP contribution >= 0.6 is 0 Å². The summed E-state index contributed by atoms with van der Waals surface area (Å²) < 4.78 is 7.01. The number of anilines is 1. The predicted molar refractivity (Wildman–Crippen MR) is 107 cm³/mol. The Bertz CT molecular complexity index is 983. The molecule has 8 heteroatoms. The number of para-hydroxylation sites is 1. The summed E-state index contributed by atoms with van der Waals surface area (Å²) in [5.74, 6) is 2.40. The van der Waals surface area contributed by atoms with Crippen molar-refractivity contribution < 1.29 is 9.53 Å². The molecule has 0 saturated heterocycles. The van der Waals surface area contributed by atoms with E-state index in [-0.39, 0.29) is 5.91 Å². The number of hydrogen-bond acceptors (Lipinski definition) is 6. The van der Waals surface area contributed by atoms with Gasteiger partial charge in [0.2, 0.25) is 0 Å². The topological polar surface area (TPSA) is 94.0 Å².